The summed E-state index contributed by atoms with van der Waals surface area (Å²) >= 11 is 1.84. The van der Waals surface area contributed by atoms with Crippen LogP contribution < -0.4 is 4.90 Å². The van der Waals surface area contributed by atoms with E-state index in [0.29, 0.717) is 0 Å². The van der Waals surface area contributed by atoms with Gasteiger partial charge < -0.3 is 14.7 Å². The largest absolute Gasteiger partial charge is 0.352 e. The molecule has 6 rings (SSSR count). The summed E-state index contributed by atoms with van der Waals surface area (Å²) in [7, 11) is 0. The number of aromatic nitrogens is 3. The van der Waals surface area contributed by atoms with E-state index < -0.39 is 0 Å². The van der Waals surface area contributed by atoms with Gasteiger partial charge in [-0.2, -0.15) is 0 Å². The Labute approximate surface area is 198 Å². The summed E-state index contributed by atoms with van der Waals surface area (Å²) in [6.07, 6.45) is 9.34. The third-order valence-corrected chi connectivity index (χ3v) is 8.43. The molecule has 1 aliphatic carbocycles. The number of hydrogen-bond donors (Lipinski definition) is 0. The third kappa shape index (κ3) is 3.84. The Bertz CT molecular complexity index is 1160. The van der Waals surface area contributed by atoms with E-state index in [0.717, 1.165) is 92.9 Å². The van der Waals surface area contributed by atoms with Crippen molar-refractivity contribution in [1.82, 2.24) is 24.8 Å². The SMILES string of the molecule is CC1CCc2c(sc3nc(-c4cccnc4)nc(N4CCN(C(=O)N5CCCC5)CC4)c23)C1. The summed E-state index contributed by atoms with van der Waals surface area (Å²) in [5.41, 5.74) is 2.40. The molecule has 2 fully saturated rings. The molecule has 33 heavy (non-hydrogen) atoms. The van der Waals surface area contributed by atoms with Gasteiger partial charge in [-0.25, -0.2) is 14.8 Å². The number of nitrogens with zero attached hydrogens (tertiary/aromatic N) is 6. The Balaban J connectivity index is 1.35. The fourth-order valence-electron chi connectivity index (χ4n) is 5.39. The van der Waals surface area contributed by atoms with E-state index in [9.17, 15) is 4.79 Å². The number of pyridine rings is 1. The van der Waals surface area contributed by atoms with Gasteiger partial charge in [-0.3, -0.25) is 4.98 Å². The predicted molar refractivity (Wildman–Crippen MR) is 132 cm³/mol. The molecule has 0 saturated carbocycles. The van der Waals surface area contributed by atoms with Crippen LogP contribution >= 0.6 is 11.3 Å². The van der Waals surface area contributed by atoms with Gasteiger partial charge in [-0.15, -0.1) is 11.3 Å². The highest BCUT2D eigenvalue weighted by molar-refractivity contribution is 7.19. The standard InChI is InChI=1S/C25H30N6OS/c1-17-6-7-19-20(15-17)33-24-21(19)23(27-22(28-24)18-5-4-8-26-16-18)29-11-13-31(14-12-29)25(32)30-9-2-3-10-30/h4-5,8,16-17H,2-3,6-7,9-15H2,1H3. The molecule has 3 aromatic heterocycles. The van der Waals surface area contributed by atoms with Gasteiger partial charge in [0.05, 0.1) is 5.39 Å². The highest BCUT2D eigenvalue weighted by Crippen LogP contribution is 2.42. The highest BCUT2D eigenvalue weighted by Gasteiger charge is 2.30. The molecule has 3 aromatic rings. The van der Waals surface area contributed by atoms with Crippen molar-refractivity contribution in [1.29, 1.82) is 0 Å². The van der Waals surface area contributed by atoms with Crippen LogP contribution in [0.25, 0.3) is 21.6 Å². The molecule has 0 aromatic carbocycles. The Morgan fingerprint density at radius 3 is 2.61 bits per heavy atom. The minimum atomic E-state index is 0.206. The maximum Gasteiger partial charge on any atom is 0.320 e. The Kier molecular flexibility index (Phi) is 5.40. The molecule has 7 nitrogen and oxygen atoms in total. The monoisotopic (exact) mass is 462 g/mol. The van der Waals surface area contributed by atoms with Gasteiger partial charge in [0, 0.05) is 62.1 Å². The molecule has 2 saturated heterocycles. The van der Waals surface area contributed by atoms with Crippen molar-refractivity contribution >= 4 is 33.4 Å². The summed E-state index contributed by atoms with van der Waals surface area (Å²) in [5, 5.41) is 1.24. The maximum atomic E-state index is 12.9. The number of urea groups is 1. The van der Waals surface area contributed by atoms with Crippen molar-refractivity contribution in [2.45, 2.75) is 39.0 Å². The number of likely N-dealkylation sites (tertiary alicyclic amines) is 1. The van der Waals surface area contributed by atoms with E-state index in [1.54, 1.807) is 6.20 Å². The number of rotatable bonds is 2. The summed E-state index contributed by atoms with van der Waals surface area (Å²) in [6.45, 7) is 7.24. The van der Waals surface area contributed by atoms with Crippen molar-refractivity contribution < 1.29 is 4.79 Å². The van der Waals surface area contributed by atoms with Crippen LogP contribution in [0, 0.1) is 5.92 Å². The molecular weight excluding hydrogens is 432 g/mol. The quantitative estimate of drug-likeness (QED) is 0.571. The fraction of sp³-hybridized carbons (Fsp3) is 0.520. The molecule has 2 aliphatic heterocycles. The average molecular weight is 463 g/mol. The number of anilines is 1. The molecule has 172 valence electrons. The molecule has 0 spiro atoms. The predicted octanol–water partition coefficient (Wildman–Crippen LogP) is 4.22. The Morgan fingerprint density at radius 1 is 1.06 bits per heavy atom. The summed E-state index contributed by atoms with van der Waals surface area (Å²) in [5.74, 6) is 2.51. The van der Waals surface area contributed by atoms with Crippen LogP contribution in [0.3, 0.4) is 0 Å². The Hall–Kier alpha value is -2.74. The van der Waals surface area contributed by atoms with Crippen LogP contribution in [0.2, 0.25) is 0 Å². The summed E-state index contributed by atoms with van der Waals surface area (Å²) < 4.78 is 0. The normalized spacial score (nSPS) is 21.0. The van der Waals surface area contributed by atoms with Crippen molar-refractivity contribution in [3.8, 4) is 11.4 Å². The minimum Gasteiger partial charge on any atom is -0.352 e. The van der Waals surface area contributed by atoms with Crippen LogP contribution in [0.15, 0.2) is 24.5 Å². The second-order valence-corrected chi connectivity index (χ2v) is 10.7. The number of amides is 2. The van der Waals surface area contributed by atoms with Gasteiger partial charge >= 0.3 is 6.03 Å². The lowest BCUT2D eigenvalue weighted by Gasteiger charge is -2.37. The summed E-state index contributed by atoms with van der Waals surface area (Å²) in [4.78, 5) is 36.2. The fourth-order valence-corrected chi connectivity index (χ4v) is 6.77. The van der Waals surface area contributed by atoms with Crippen LogP contribution in [0.1, 0.15) is 36.6 Å². The number of thiophene rings is 1. The van der Waals surface area contributed by atoms with Crippen LogP contribution in [-0.4, -0.2) is 70.1 Å². The van der Waals surface area contributed by atoms with Crippen molar-refractivity contribution in [2.75, 3.05) is 44.2 Å². The first kappa shape index (κ1) is 20.8. The first-order valence-corrected chi connectivity index (χ1v) is 13.0. The number of carbonyl (C=O) groups is 1. The molecule has 1 atom stereocenters. The number of fused-ring (bicyclic) bond motifs is 3. The molecule has 0 bridgehead atoms. The molecule has 1 unspecified atom stereocenters. The lowest BCUT2D eigenvalue weighted by Crippen LogP contribution is -2.52. The van der Waals surface area contributed by atoms with Gasteiger partial charge in [0.2, 0.25) is 0 Å². The van der Waals surface area contributed by atoms with E-state index in [4.69, 9.17) is 9.97 Å². The van der Waals surface area contributed by atoms with Gasteiger partial charge in [0.15, 0.2) is 5.82 Å². The second kappa shape index (κ2) is 8.56. The molecule has 3 aliphatic rings. The molecule has 8 heteroatoms. The maximum absolute atomic E-state index is 12.9. The van der Waals surface area contributed by atoms with Crippen molar-refractivity contribution in [2.24, 2.45) is 5.92 Å². The topological polar surface area (TPSA) is 65.5 Å². The average Bonchev–Trinajstić information content (AvgIpc) is 3.51. The molecule has 5 heterocycles. The van der Waals surface area contributed by atoms with E-state index >= 15 is 0 Å². The summed E-state index contributed by atoms with van der Waals surface area (Å²) in [6, 6.07) is 4.17. The van der Waals surface area contributed by atoms with Crippen LogP contribution in [-0.2, 0) is 12.8 Å². The van der Waals surface area contributed by atoms with E-state index in [2.05, 4.69) is 16.8 Å². The second-order valence-electron chi connectivity index (χ2n) is 9.60. The smallest absolute Gasteiger partial charge is 0.320 e. The van der Waals surface area contributed by atoms with Gasteiger partial charge in [0.1, 0.15) is 10.6 Å². The first-order chi connectivity index (χ1) is 16.2. The van der Waals surface area contributed by atoms with Gasteiger partial charge in [-0.05, 0) is 55.7 Å². The lowest BCUT2D eigenvalue weighted by atomic mass is 9.89. The molecule has 2 amide bonds. The minimum absolute atomic E-state index is 0.206. The molecule has 0 radical (unpaired) electrons. The van der Waals surface area contributed by atoms with Gasteiger partial charge in [0.25, 0.3) is 0 Å². The molecular formula is C25H30N6OS. The molecule has 0 N–H and O–H groups in total. The third-order valence-electron chi connectivity index (χ3n) is 7.28. The van der Waals surface area contributed by atoms with E-state index in [-0.39, 0.29) is 6.03 Å². The lowest BCUT2D eigenvalue weighted by molar-refractivity contribution is 0.159. The number of hydrogen-bond acceptors (Lipinski definition) is 6. The number of piperazine rings is 1. The zero-order chi connectivity index (χ0) is 22.4. The van der Waals surface area contributed by atoms with Crippen molar-refractivity contribution in [3.63, 3.8) is 0 Å². The zero-order valence-corrected chi connectivity index (χ0v) is 20.0. The number of aryl methyl sites for hydroxylation is 1. The zero-order valence-electron chi connectivity index (χ0n) is 19.2. The highest BCUT2D eigenvalue weighted by atomic mass is 32.1. The van der Waals surface area contributed by atoms with E-state index in [1.165, 1.54) is 22.2 Å². The first-order valence-electron chi connectivity index (χ1n) is 12.2. The number of carbonyl (C=O) groups excluding carboxylic acids is 1. The van der Waals surface area contributed by atoms with E-state index in [1.807, 2.05) is 39.5 Å². The van der Waals surface area contributed by atoms with Gasteiger partial charge in [-0.1, -0.05) is 6.92 Å². The van der Waals surface area contributed by atoms with Crippen LogP contribution in [0.4, 0.5) is 10.6 Å². The van der Waals surface area contributed by atoms with Crippen molar-refractivity contribution in [3.05, 3.63) is 35.0 Å². The van der Waals surface area contributed by atoms with Crippen LogP contribution in [0.5, 0.6) is 0 Å². The Morgan fingerprint density at radius 2 is 1.85 bits per heavy atom.